The molecule has 1 aliphatic heterocycles. The van der Waals surface area contributed by atoms with E-state index in [1.165, 1.54) is 13.0 Å². The van der Waals surface area contributed by atoms with Crippen LogP contribution in [0.15, 0.2) is 59.0 Å². The second-order valence-corrected chi connectivity index (χ2v) is 6.57. The van der Waals surface area contributed by atoms with E-state index in [2.05, 4.69) is 0 Å². The van der Waals surface area contributed by atoms with Crippen molar-refractivity contribution in [1.82, 2.24) is 0 Å². The largest absolute Gasteiger partial charge is 0.478 e. The number of fused-ring (bicyclic) bond motifs is 2. The summed E-state index contributed by atoms with van der Waals surface area (Å²) in [7, 11) is 0. The molecule has 6 nitrogen and oxygen atoms in total. The normalized spacial score (nSPS) is 10.5. The van der Waals surface area contributed by atoms with Gasteiger partial charge in [-0.15, -0.1) is 0 Å². The average Bonchev–Trinajstić information content (AvgIpc) is 2.72. The van der Waals surface area contributed by atoms with Crippen LogP contribution in [0, 0.1) is 5.41 Å². The number of anilines is 1. The fourth-order valence-electron chi connectivity index (χ4n) is 3.36. The van der Waals surface area contributed by atoms with Gasteiger partial charge in [0.2, 0.25) is 0 Å². The van der Waals surface area contributed by atoms with Gasteiger partial charge < -0.3 is 20.7 Å². The number of carboxylic acids is 1. The van der Waals surface area contributed by atoms with Crippen LogP contribution < -0.4 is 11.1 Å². The number of nitrogen functional groups attached to an aromatic ring is 1. The predicted octanol–water partition coefficient (Wildman–Crippen LogP) is 5.19. The molecule has 4 rings (SSSR count). The van der Waals surface area contributed by atoms with Gasteiger partial charge in [0.05, 0.1) is 10.9 Å². The summed E-state index contributed by atoms with van der Waals surface area (Å²) >= 11 is 0. The molecule has 152 valence electrons. The number of carboxylic acid groups (broad SMARTS) is 1. The lowest BCUT2D eigenvalue weighted by molar-refractivity contribution is 0.0697. The van der Waals surface area contributed by atoms with Crippen LogP contribution in [0.3, 0.4) is 0 Å². The Morgan fingerprint density at radius 2 is 1.67 bits per heavy atom. The van der Waals surface area contributed by atoms with Crippen molar-refractivity contribution in [3.8, 4) is 22.5 Å². The molecule has 0 saturated heterocycles. The van der Waals surface area contributed by atoms with Gasteiger partial charge in [-0.2, -0.15) is 0 Å². The molecule has 4 N–H and O–H groups in total. The van der Waals surface area contributed by atoms with Crippen molar-refractivity contribution >= 4 is 28.4 Å². The molecule has 2 aromatic carbocycles. The van der Waals surface area contributed by atoms with Gasteiger partial charge in [-0.1, -0.05) is 26.0 Å². The third kappa shape index (κ3) is 3.67. The zero-order valence-corrected chi connectivity index (χ0v) is 16.9. The Bertz CT molecular complexity index is 1300. The lowest BCUT2D eigenvalue weighted by atomic mass is 9.89. The zero-order valence-electron chi connectivity index (χ0n) is 16.9. The molecule has 0 spiro atoms. The topological polar surface area (TPSA) is 117 Å². The van der Waals surface area contributed by atoms with Gasteiger partial charge in [-0.25, -0.2) is 4.79 Å². The first-order chi connectivity index (χ1) is 14.3. The SMILES string of the molecule is CC.CC(=O)c1ccc(-c2c3ccc(=N)cc-3oc3cc(N)ccc23)c(C(=O)O)c1. The number of Topliss-reactive ketones (excluding diaryl/α,β-unsaturated/α-hetero) is 1. The molecule has 2 aromatic rings. The van der Waals surface area contributed by atoms with Gasteiger partial charge in [0.1, 0.15) is 11.3 Å². The van der Waals surface area contributed by atoms with Crippen LogP contribution in [-0.4, -0.2) is 16.9 Å². The zero-order chi connectivity index (χ0) is 22.0. The number of nitrogens with two attached hydrogens (primary N) is 1. The van der Waals surface area contributed by atoms with Gasteiger partial charge in [-0.3, -0.25) is 4.79 Å². The van der Waals surface area contributed by atoms with Gasteiger partial charge >= 0.3 is 5.97 Å². The van der Waals surface area contributed by atoms with E-state index in [4.69, 9.17) is 15.6 Å². The second-order valence-electron chi connectivity index (χ2n) is 6.57. The Labute approximate surface area is 173 Å². The maximum Gasteiger partial charge on any atom is 0.336 e. The first-order valence-electron chi connectivity index (χ1n) is 9.54. The smallest absolute Gasteiger partial charge is 0.336 e. The van der Waals surface area contributed by atoms with Gasteiger partial charge in [0.25, 0.3) is 0 Å². The first-order valence-corrected chi connectivity index (χ1v) is 9.54. The highest BCUT2D eigenvalue weighted by Crippen LogP contribution is 2.41. The van der Waals surface area contributed by atoms with E-state index in [0.717, 1.165) is 0 Å². The summed E-state index contributed by atoms with van der Waals surface area (Å²) in [5.74, 6) is -0.890. The highest BCUT2D eigenvalue weighted by Gasteiger charge is 2.22. The third-order valence-electron chi connectivity index (χ3n) is 4.67. The number of carbonyl (C=O) groups excluding carboxylic acids is 1. The Morgan fingerprint density at radius 3 is 2.33 bits per heavy atom. The molecule has 1 aliphatic carbocycles. The lowest BCUT2D eigenvalue weighted by Gasteiger charge is -2.17. The summed E-state index contributed by atoms with van der Waals surface area (Å²) in [5, 5.41) is 18.6. The molecule has 6 heteroatoms. The summed E-state index contributed by atoms with van der Waals surface area (Å²) < 4.78 is 5.93. The molecule has 0 bridgehead atoms. The number of hydrogen-bond acceptors (Lipinski definition) is 5. The van der Waals surface area contributed by atoms with Crippen LogP contribution in [0.25, 0.3) is 33.4 Å². The number of ketones is 1. The number of hydrogen-bond donors (Lipinski definition) is 3. The number of nitrogens with one attached hydrogen (secondary N) is 1. The van der Waals surface area contributed by atoms with Gasteiger partial charge in [0, 0.05) is 39.9 Å². The van der Waals surface area contributed by atoms with Crippen molar-refractivity contribution in [2.24, 2.45) is 0 Å². The number of aromatic carboxylic acids is 1. The molecule has 0 unspecified atom stereocenters. The van der Waals surface area contributed by atoms with Crippen molar-refractivity contribution in [2.45, 2.75) is 20.8 Å². The monoisotopic (exact) mass is 402 g/mol. The van der Waals surface area contributed by atoms with Crippen LogP contribution in [0.5, 0.6) is 0 Å². The molecular weight excluding hydrogens is 380 g/mol. The molecule has 30 heavy (non-hydrogen) atoms. The fourth-order valence-corrected chi connectivity index (χ4v) is 3.36. The summed E-state index contributed by atoms with van der Waals surface area (Å²) in [4.78, 5) is 23.7. The average molecular weight is 402 g/mol. The second kappa shape index (κ2) is 8.21. The number of carbonyl (C=O) groups is 2. The first kappa shape index (κ1) is 20.8. The Balaban J connectivity index is 0.00000124. The summed E-state index contributed by atoms with van der Waals surface area (Å²) in [6, 6.07) is 14.7. The van der Waals surface area contributed by atoms with Crippen molar-refractivity contribution in [3.63, 3.8) is 0 Å². The van der Waals surface area contributed by atoms with Crippen LogP contribution >= 0.6 is 0 Å². The number of rotatable bonds is 3. The molecular formula is C24H22N2O4. The molecule has 0 atom stereocenters. The standard InChI is InChI=1S/C22H16N2O4.C2H6/c1-11(25)12-2-5-15(18(8-12)22(26)27)21-16-6-3-13(23)9-19(16)28-20-10-14(24)4-7-17(20)21;1-2/h2-10,23H,24H2,1H3,(H,26,27);1-2H3. The maximum atomic E-state index is 12.0. The molecule has 1 heterocycles. The summed E-state index contributed by atoms with van der Waals surface area (Å²) in [5.41, 5.74) is 9.02. The minimum atomic E-state index is -1.13. The summed E-state index contributed by atoms with van der Waals surface area (Å²) in [6.07, 6.45) is 0. The van der Waals surface area contributed by atoms with Crippen molar-refractivity contribution in [2.75, 3.05) is 5.73 Å². The van der Waals surface area contributed by atoms with Gasteiger partial charge in [-0.05, 0) is 42.8 Å². The predicted molar refractivity (Wildman–Crippen MR) is 117 cm³/mol. The quantitative estimate of drug-likeness (QED) is 0.247. The molecule has 0 amide bonds. The van der Waals surface area contributed by atoms with E-state index in [9.17, 15) is 14.7 Å². The Hall–Kier alpha value is -3.93. The van der Waals surface area contributed by atoms with Gasteiger partial charge in [0.15, 0.2) is 5.78 Å². The highest BCUT2D eigenvalue weighted by atomic mass is 16.4. The third-order valence-corrected chi connectivity index (χ3v) is 4.67. The van der Waals surface area contributed by atoms with Crippen LogP contribution in [0.2, 0.25) is 0 Å². The van der Waals surface area contributed by atoms with Crippen molar-refractivity contribution < 1.29 is 19.1 Å². The Morgan fingerprint density at radius 1 is 0.967 bits per heavy atom. The minimum Gasteiger partial charge on any atom is -0.478 e. The van der Waals surface area contributed by atoms with Crippen LogP contribution in [0.4, 0.5) is 5.69 Å². The van der Waals surface area contributed by atoms with E-state index in [-0.39, 0.29) is 16.7 Å². The van der Waals surface area contributed by atoms with Crippen molar-refractivity contribution in [3.05, 3.63) is 71.1 Å². The van der Waals surface area contributed by atoms with E-state index < -0.39 is 5.97 Å². The summed E-state index contributed by atoms with van der Waals surface area (Å²) in [6.45, 7) is 5.39. The molecule has 0 radical (unpaired) electrons. The number of benzene rings is 3. The van der Waals surface area contributed by atoms with E-state index in [1.54, 1.807) is 48.5 Å². The molecule has 0 fully saturated rings. The minimum absolute atomic E-state index is 0.0216. The maximum absolute atomic E-state index is 12.0. The van der Waals surface area contributed by atoms with Crippen LogP contribution in [-0.2, 0) is 0 Å². The van der Waals surface area contributed by atoms with Crippen LogP contribution in [0.1, 0.15) is 41.5 Å². The molecule has 0 saturated carbocycles. The fraction of sp³-hybridized carbons (Fsp3) is 0.125. The van der Waals surface area contributed by atoms with E-state index in [0.29, 0.717) is 44.7 Å². The van der Waals surface area contributed by atoms with E-state index >= 15 is 0 Å². The van der Waals surface area contributed by atoms with Crippen molar-refractivity contribution in [1.29, 1.82) is 5.41 Å². The Kier molecular flexibility index (Phi) is 5.69. The molecule has 0 aromatic heterocycles. The lowest BCUT2D eigenvalue weighted by Crippen LogP contribution is -2.05. The molecule has 2 aliphatic rings. The van der Waals surface area contributed by atoms with E-state index in [1.807, 2.05) is 13.8 Å². The highest BCUT2D eigenvalue weighted by molar-refractivity contribution is 6.09.